The molecule has 0 aromatic heterocycles. The van der Waals surface area contributed by atoms with Crippen molar-refractivity contribution in [3.63, 3.8) is 0 Å². The minimum absolute atomic E-state index is 0.262. The lowest BCUT2D eigenvalue weighted by atomic mass is 10.2. The number of carboxylic acids is 1. The maximum atomic E-state index is 10.3. The summed E-state index contributed by atoms with van der Waals surface area (Å²) in [6.45, 7) is 0. The summed E-state index contributed by atoms with van der Waals surface area (Å²) in [6.07, 6.45) is 27.5. The van der Waals surface area contributed by atoms with Crippen LogP contribution < -0.4 is 0 Å². The summed E-state index contributed by atoms with van der Waals surface area (Å²) in [6, 6.07) is 0. The van der Waals surface area contributed by atoms with Crippen LogP contribution in [-0.2, 0) is 4.79 Å². The average Bonchev–Trinajstić information content (AvgIpc) is 2.53. The number of carboxylic acid groups (broad SMARTS) is 1. The molecule has 23 heavy (non-hydrogen) atoms. The molecule has 0 aliphatic carbocycles. The van der Waals surface area contributed by atoms with Gasteiger partial charge in [-0.05, 0) is 55.8 Å². The Morgan fingerprint density at radius 3 is 1.65 bits per heavy atom. The summed E-state index contributed by atoms with van der Waals surface area (Å²) in [5.74, 6) is -0.712. The Bertz CT molecular complexity index is 381. The van der Waals surface area contributed by atoms with Gasteiger partial charge in [0.25, 0.3) is 0 Å². The van der Waals surface area contributed by atoms with E-state index in [0.717, 1.165) is 32.1 Å². The standard InChI is InChI=1S/C20H31IO2/c21-19-17-15-13-11-9-7-5-3-1-2-4-6-8-10-12-14-16-18-20(22)23/h1,3-4,6-7,9-10,12H,2,5,8,11,13-19H2,(H,22,23)/b3-1-,6-4-,9-7-,12-10-. The minimum atomic E-state index is -0.712. The largest absolute Gasteiger partial charge is 0.481 e. The van der Waals surface area contributed by atoms with E-state index >= 15 is 0 Å². The van der Waals surface area contributed by atoms with Gasteiger partial charge in [-0.2, -0.15) is 0 Å². The Hall–Kier alpha value is -0.840. The zero-order chi connectivity index (χ0) is 17.0. The number of hydrogen-bond donors (Lipinski definition) is 1. The Morgan fingerprint density at radius 2 is 1.17 bits per heavy atom. The highest BCUT2D eigenvalue weighted by atomic mass is 127. The molecule has 0 radical (unpaired) electrons. The summed E-state index contributed by atoms with van der Waals surface area (Å²) in [5.41, 5.74) is 0. The van der Waals surface area contributed by atoms with E-state index in [2.05, 4.69) is 71.2 Å². The molecule has 0 aromatic rings. The van der Waals surface area contributed by atoms with Gasteiger partial charge in [0.15, 0.2) is 0 Å². The molecule has 0 rings (SSSR count). The van der Waals surface area contributed by atoms with Crippen LogP contribution in [0, 0.1) is 0 Å². The molecule has 0 atom stereocenters. The van der Waals surface area contributed by atoms with Gasteiger partial charge < -0.3 is 5.11 Å². The van der Waals surface area contributed by atoms with Gasteiger partial charge in [0.2, 0.25) is 0 Å². The van der Waals surface area contributed by atoms with Crippen LogP contribution in [-0.4, -0.2) is 15.5 Å². The third-order valence-electron chi connectivity index (χ3n) is 3.25. The Morgan fingerprint density at radius 1 is 0.696 bits per heavy atom. The van der Waals surface area contributed by atoms with Crippen molar-refractivity contribution in [2.75, 3.05) is 4.43 Å². The number of aliphatic carboxylic acids is 1. The molecule has 0 aliphatic heterocycles. The highest BCUT2D eigenvalue weighted by Gasteiger charge is 1.92. The zero-order valence-electron chi connectivity index (χ0n) is 14.1. The normalized spacial score (nSPS) is 12.4. The number of alkyl halides is 1. The van der Waals surface area contributed by atoms with E-state index in [1.54, 1.807) is 0 Å². The SMILES string of the molecule is O=C(O)CCC/C=C\C/C=C\C/C=C\C/C=C\CCCCCI. The molecule has 130 valence electrons. The monoisotopic (exact) mass is 430 g/mol. The Labute approximate surface area is 155 Å². The molecule has 0 bridgehead atoms. The van der Waals surface area contributed by atoms with Crippen LogP contribution >= 0.6 is 22.6 Å². The summed E-state index contributed by atoms with van der Waals surface area (Å²) < 4.78 is 1.28. The predicted octanol–water partition coefficient (Wildman–Crippen LogP) is 6.63. The maximum Gasteiger partial charge on any atom is 0.303 e. The van der Waals surface area contributed by atoms with E-state index in [1.807, 2.05) is 0 Å². The molecular formula is C20H31IO2. The van der Waals surface area contributed by atoms with Crippen molar-refractivity contribution in [3.05, 3.63) is 48.6 Å². The number of rotatable bonds is 15. The number of hydrogen-bond acceptors (Lipinski definition) is 1. The average molecular weight is 430 g/mol. The second-order valence-corrected chi connectivity index (χ2v) is 6.50. The van der Waals surface area contributed by atoms with E-state index in [0.29, 0.717) is 0 Å². The van der Waals surface area contributed by atoms with Crippen LogP contribution in [0.25, 0.3) is 0 Å². The van der Waals surface area contributed by atoms with E-state index in [9.17, 15) is 4.79 Å². The van der Waals surface area contributed by atoms with Crippen molar-refractivity contribution in [1.29, 1.82) is 0 Å². The van der Waals surface area contributed by atoms with Crippen LogP contribution in [0.1, 0.15) is 64.2 Å². The molecule has 0 saturated carbocycles. The van der Waals surface area contributed by atoms with Gasteiger partial charge in [-0.25, -0.2) is 0 Å². The fourth-order valence-corrected chi connectivity index (χ4v) is 2.49. The second-order valence-electron chi connectivity index (χ2n) is 5.42. The Balaban J connectivity index is 3.39. The van der Waals surface area contributed by atoms with E-state index < -0.39 is 5.97 Å². The fraction of sp³-hybridized carbons (Fsp3) is 0.550. The first-order valence-electron chi connectivity index (χ1n) is 8.65. The van der Waals surface area contributed by atoms with Gasteiger partial charge in [-0.3, -0.25) is 4.79 Å². The Kier molecular flexibility index (Phi) is 18.5. The van der Waals surface area contributed by atoms with Gasteiger partial charge in [0, 0.05) is 6.42 Å². The van der Waals surface area contributed by atoms with Crippen LogP contribution in [0.3, 0.4) is 0 Å². The third kappa shape index (κ3) is 21.2. The van der Waals surface area contributed by atoms with Crippen molar-refractivity contribution in [2.24, 2.45) is 0 Å². The molecule has 0 aromatic carbocycles. The second kappa shape index (κ2) is 19.2. The highest BCUT2D eigenvalue weighted by Crippen LogP contribution is 2.03. The quantitative estimate of drug-likeness (QED) is 0.137. The van der Waals surface area contributed by atoms with Gasteiger partial charge in [0.1, 0.15) is 0 Å². The third-order valence-corrected chi connectivity index (χ3v) is 4.01. The number of unbranched alkanes of at least 4 members (excludes halogenated alkanes) is 4. The molecule has 2 nitrogen and oxygen atoms in total. The van der Waals surface area contributed by atoms with Crippen molar-refractivity contribution in [3.8, 4) is 0 Å². The van der Waals surface area contributed by atoms with Crippen molar-refractivity contribution < 1.29 is 9.90 Å². The molecular weight excluding hydrogens is 399 g/mol. The maximum absolute atomic E-state index is 10.3. The van der Waals surface area contributed by atoms with Gasteiger partial charge in [-0.15, -0.1) is 0 Å². The zero-order valence-corrected chi connectivity index (χ0v) is 16.3. The van der Waals surface area contributed by atoms with Crippen LogP contribution in [0.2, 0.25) is 0 Å². The molecule has 0 unspecified atom stereocenters. The lowest BCUT2D eigenvalue weighted by molar-refractivity contribution is -0.137. The first-order valence-corrected chi connectivity index (χ1v) is 10.2. The van der Waals surface area contributed by atoms with Gasteiger partial charge >= 0.3 is 5.97 Å². The van der Waals surface area contributed by atoms with Crippen molar-refractivity contribution in [1.82, 2.24) is 0 Å². The first-order chi connectivity index (χ1) is 11.3. The van der Waals surface area contributed by atoms with Gasteiger partial charge in [-0.1, -0.05) is 77.6 Å². The highest BCUT2D eigenvalue weighted by molar-refractivity contribution is 14.1. The van der Waals surface area contributed by atoms with Crippen LogP contribution in [0.4, 0.5) is 0 Å². The summed E-state index contributed by atoms with van der Waals surface area (Å²) in [4.78, 5) is 10.3. The lowest BCUT2D eigenvalue weighted by Crippen LogP contribution is -1.92. The lowest BCUT2D eigenvalue weighted by Gasteiger charge is -1.92. The molecule has 0 heterocycles. The number of halogens is 1. The van der Waals surface area contributed by atoms with Crippen molar-refractivity contribution >= 4 is 28.6 Å². The van der Waals surface area contributed by atoms with E-state index in [-0.39, 0.29) is 6.42 Å². The summed E-state index contributed by atoms with van der Waals surface area (Å²) in [5, 5.41) is 8.50. The first kappa shape index (κ1) is 22.2. The summed E-state index contributed by atoms with van der Waals surface area (Å²) in [7, 11) is 0. The summed E-state index contributed by atoms with van der Waals surface area (Å²) >= 11 is 2.44. The molecule has 0 spiro atoms. The van der Waals surface area contributed by atoms with Crippen LogP contribution in [0.15, 0.2) is 48.6 Å². The van der Waals surface area contributed by atoms with E-state index in [4.69, 9.17) is 5.11 Å². The van der Waals surface area contributed by atoms with E-state index in [1.165, 1.54) is 30.1 Å². The molecule has 0 fully saturated rings. The van der Waals surface area contributed by atoms with Crippen LogP contribution in [0.5, 0.6) is 0 Å². The molecule has 1 N–H and O–H groups in total. The smallest absolute Gasteiger partial charge is 0.303 e. The molecule has 0 aliphatic rings. The molecule has 0 amide bonds. The predicted molar refractivity (Wildman–Crippen MR) is 109 cm³/mol. The molecule has 3 heteroatoms. The van der Waals surface area contributed by atoms with Gasteiger partial charge in [0.05, 0.1) is 0 Å². The van der Waals surface area contributed by atoms with Crippen molar-refractivity contribution in [2.45, 2.75) is 64.2 Å². The topological polar surface area (TPSA) is 37.3 Å². The molecule has 0 saturated heterocycles. The fourth-order valence-electron chi connectivity index (χ4n) is 1.95. The number of carbonyl (C=O) groups is 1. The minimum Gasteiger partial charge on any atom is -0.481 e. The number of allylic oxidation sites excluding steroid dienone is 8.